The molecule has 16 heavy (non-hydrogen) atoms. The second-order valence-electron chi connectivity index (χ2n) is 3.91. The molecule has 1 rings (SSSR count). The summed E-state index contributed by atoms with van der Waals surface area (Å²) in [6.07, 6.45) is 3.44. The van der Waals surface area contributed by atoms with Gasteiger partial charge < -0.3 is 5.11 Å². The van der Waals surface area contributed by atoms with Crippen molar-refractivity contribution >= 4 is 27.7 Å². The Morgan fingerprint density at radius 2 is 2.12 bits per heavy atom. The molecule has 1 nitrogen and oxygen atoms in total. The first kappa shape index (κ1) is 14.1. The van der Waals surface area contributed by atoms with E-state index in [1.807, 2.05) is 17.8 Å². The molecule has 1 N–H and O–H groups in total. The molecule has 0 radical (unpaired) electrons. The van der Waals surface area contributed by atoms with Crippen molar-refractivity contribution in [1.29, 1.82) is 0 Å². The van der Waals surface area contributed by atoms with Gasteiger partial charge in [-0.2, -0.15) is 0 Å². The summed E-state index contributed by atoms with van der Waals surface area (Å²) in [5, 5.41) is 9.50. The van der Waals surface area contributed by atoms with E-state index in [-0.39, 0.29) is 0 Å². The third-order valence-corrected chi connectivity index (χ3v) is 4.21. The van der Waals surface area contributed by atoms with Gasteiger partial charge in [-0.25, -0.2) is 0 Å². The van der Waals surface area contributed by atoms with Gasteiger partial charge in [0.15, 0.2) is 0 Å². The molecule has 1 unspecified atom stereocenters. The third kappa shape index (κ3) is 4.48. The first-order valence-corrected chi connectivity index (χ1v) is 7.53. The topological polar surface area (TPSA) is 20.2 Å². The lowest BCUT2D eigenvalue weighted by Gasteiger charge is -2.09. The summed E-state index contributed by atoms with van der Waals surface area (Å²) in [6, 6.07) is 6.18. The quantitative estimate of drug-likeness (QED) is 0.602. The van der Waals surface area contributed by atoms with Crippen LogP contribution in [-0.4, -0.2) is 10.9 Å². The van der Waals surface area contributed by atoms with Crippen molar-refractivity contribution in [2.24, 2.45) is 0 Å². The number of unbranched alkanes of at least 4 members (excludes halogenated alkanes) is 2. The van der Waals surface area contributed by atoms with E-state index < -0.39 is 6.10 Å². The average Bonchev–Trinajstić information content (AvgIpc) is 2.24. The lowest BCUT2D eigenvalue weighted by Crippen LogP contribution is -1.92. The zero-order valence-corrected chi connectivity index (χ0v) is 12.3. The van der Waals surface area contributed by atoms with Crippen LogP contribution in [0.1, 0.15) is 44.8 Å². The Balaban J connectivity index is 2.53. The van der Waals surface area contributed by atoms with Gasteiger partial charge in [-0.05, 0) is 36.8 Å². The molecular weight excluding hydrogens is 284 g/mol. The van der Waals surface area contributed by atoms with E-state index in [0.29, 0.717) is 0 Å². The predicted molar refractivity (Wildman–Crippen MR) is 75.0 cm³/mol. The lowest BCUT2D eigenvalue weighted by atomic mass is 10.1. The van der Waals surface area contributed by atoms with Crippen molar-refractivity contribution in [2.75, 3.05) is 5.75 Å². The molecule has 0 saturated carbocycles. The Bertz CT molecular complexity index is 326. The van der Waals surface area contributed by atoms with Crippen LogP contribution in [0.4, 0.5) is 0 Å². The van der Waals surface area contributed by atoms with E-state index in [9.17, 15) is 5.11 Å². The fraction of sp³-hybridized carbons (Fsp3) is 0.538. The van der Waals surface area contributed by atoms with Crippen molar-refractivity contribution in [3.05, 3.63) is 28.2 Å². The van der Waals surface area contributed by atoms with E-state index in [0.717, 1.165) is 10.0 Å². The molecule has 0 aliphatic heterocycles. The minimum absolute atomic E-state index is 0.409. The van der Waals surface area contributed by atoms with Gasteiger partial charge in [0.05, 0.1) is 6.10 Å². The summed E-state index contributed by atoms with van der Waals surface area (Å²) in [4.78, 5) is 1.27. The van der Waals surface area contributed by atoms with Crippen LogP contribution in [0.5, 0.6) is 0 Å². The van der Waals surface area contributed by atoms with E-state index in [1.165, 1.54) is 29.9 Å². The molecule has 0 amide bonds. The Hall–Kier alpha value is 0.01000. The van der Waals surface area contributed by atoms with Crippen molar-refractivity contribution < 1.29 is 5.11 Å². The van der Waals surface area contributed by atoms with Crippen LogP contribution in [-0.2, 0) is 0 Å². The zero-order chi connectivity index (χ0) is 12.0. The molecular formula is C13H19BrOS. The summed E-state index contributed by atoms with van der Waals surface area (Å²) in [5.41, 5.74) is 0.956. The zero-order valence-electron chi connectivity index (χ0n) is 9.87. The van der Waals surface area contributed by atoms with Crippen molar-refractivity contribution in [3.8, 4) is 0 Å². The second kappa shape index (κ2) is 7.36. The first-order chi connectivity index (χ1) is 7.65. The molecule has 3 heteroatoms. The van der Waals surface area contributed by atoms with Gasteiger partial charge in [0.1, 0.15) is 0 Å². The van der Waals surface area contributed by atoms with E-state index in [1.54, 1.807) is 6.92 Å². The SMILES string of the molecule is CCCCCSc1ccc(C(C)O)c(Br)c1. The fourth-order valence-electron chi connectivity index (χ4n) is 1.48. The molecule has 90 valence electrons. The minimum Gasteiger partial charge on any atom is -0.389 e. The molecule has 0 heterocycles. The van der Waals surface area contributed by atoms with Gasteiger partial charge in [0.2, 0.25) is 0 Å². The highest BCUT2D eigenvalue weighted by Crippen LogP contribution is 2.29. The Morgan fingerprint density at radius 1 is 1.38 bits per heavy atom. The standard InChI is InChI=1S/C13H19BrOS/c1-3-4-5-8-16-11-6-7-12(10(2)15)13(14)9-11/h6-7,9-10,15H,3-5,8H2,1-2H3. The highest BCUT2D eigenvalue weighted by molar-refractivity contribution is 9.10. The summed E-state index contributed by atoms with van der Waals surface area (Å²) in [5.74, 6) is 1.17. The molecule has 1 aromatic rings. The highest BCUT2D eigenvalue weighted by Gasteiger charge is 2.06. The molecule has 1 atom stereocenters. The normalized spacial score (nSPS) is 12.8. The van der Waals surface area contributed by atoms with Gasteiger partial charge in [-0.15, -0.1) is 11.8 Å². The van der Waals surface area contributed by atoms with Crippen molar-refractivity contribution in [1.82, 2.24) is 0 Å². The highest BCUT2D eigenvalue weighted by atomic mass is 79.9. The van der Waals surface area contributed by atoms with Crippen molar-refractivity contribution in [3.63, 3.8) is 0 Å². The predicted octanol–water partition coefficient (Wildman–Crippen LogP) is 4.78. The molecule has 0 aliphatic rings. The Labute approximate surface area is 111 Å². The Kier molecular flexibility index (Phi) is 6.47. The van der Waals surface area contributed by atoms with Gasteiger partial charge in [-0.1, -0.05) is 41.8 Å². The summed E-state index contributed by atoms with van der Waals surface area (Å²) in [6.45, 7) is 4.01. The maximum Gasteiger partial charge on any atom is 0.0772 e. The Morgan fingerprint density at radius 3 is 2.69 bits per heavy atom. The molecule has 0 aliphatic carbocycles. The number of aliphatic hydroxyl groups is 1. The van der Waals surface area contributed by atoms with E-state index in [2.05, 4.69) is 35.0 Å². The molecule has 0 fully saturated rings. The number of hydrogen-bond acceptors (Lipinski definition) is 2. The second-order valence-corrected chi connectivity index (χ2v) is 5.94. The lowest BCUT2D eigenvalue weighted by molar-refractivity contribution is 0.198. The maximum absolute atomic E-state index is 9.50. The number of thioether (sulfide) groups is 1. The van der Waals surface area contributed by atoms with Crippen LogP contribution in [0.2, 0.25) is 0 Å². The van der Waals surface area contributed by atoms with Crippen LogP contribution in [0.15, 0.2) is 27.6 Å². The van der Waals surface area contributed by atoms with Crippen LogP contribution in [0.25, 0.3) is 0 Å². The fourth-order valence-corrected chi connectivity index (χ4v) is 3.29. The average molecular weight is 303 g/mol. The maximum atomic E-state index is 9.50. The van der Waals surface area contributed by atoms with Gasteiger partial charge in [0, 0.05) is 9.37 Å². The van der Waals surface area contributed by atoms with E-state index >= 15 is 0 Å². The van der Waals surface area contributed by atoms with Gasteiger partial charge in [-0.3, -0.25) is 0 Å². The smallest absolute Gasteiger partial charge is 0.0772 e. The minimum atomic E-state index is -0.409. The molecule has 0 saturated heterocycles. The van der Waals surface area contributed by atoms with Crippen LogP contribution >= 0.6 is 27.7 Å². The van der Waals surface area contributed by atoms with Crippen molar-refractivity contribution in [2.45, 2.75) is 44.1 Å². The number of benzene rings is 1. The van der Waals surface area contributed by atoms with Gasteiger partial charge >= 0.3 is 0 Å². The monoisotopic (exact) mass is 302 g/mol. The van der Waals surface area contributed by atoms with E-state index in [4.69, 9.17) is 0 Å². The molecule has 0 spiro atoms. The summed E-state index contributed by atoms with van der Waals surface area (Å²) in [7, 11) is 0. The first-order valence-electron chi connectivity index (χ1n) is 5.75. The molecule has 0 aromatic heterocycles. The van der Waals surface area contributed by atoms with Crippen LogP contribution in [0, 0.1) is 0 Å². The number of aliphatic hydroxyl groups excluding tert-OH is 1. The molecule has 1 aromatic carbocycles. The van der Waals surface area contributed by atoms with Crippen LogP contribution < -0.4 is 0 Å². The molecule has 0 bridgehead atoms. The third-order valence-electron chi connectivity index (χ3n) is 2.44. The number of hydrogen-bond donors (Lipinski definition) is 1. The summed E-state index contributed by atoms with van der Waals surface area (Å²) >= 11 is 5.38. The summed E-state index contributed by atoms with van der Waals surface area (Å²) < 4.78 is 1.00. The van der Waals surface area contributed by atoms with Gasteiger partial charge in [0.25, 0.3) is 0 Å². The van der Waals surface area contributed by atoms with Crippen LogP contribution in [0.3, 0.4) is 0 Å². The number of rotatable bonds is 6. The number of halogens is 1. The largest absolute Gasteiger partial charge is 0.389 e.